The highest BCUT2D eigenvalue weighted by molar-refractivity contribution is 6.04. The minimum absolute atomic E-state index is 0.0814. The van der Waals surface area contributed by atoms with Crippen LogP contribution in [0.1, 0.15) is 56.4 Å². The molecule has 172 valence electrons. The molecular formula is C24H32N4O4. The van der Waals surface area contributed by atoms with E-state index in [2.05, 4.69) is 10.5 Å². The van der Waals surface area contributed by atoms with Crippen LogP contribution in [0.3, 0.4) is 0 Å². The average molecular weight is 441 g/mol. The number of hydrogen-bond donors (Lipinski definition) is 2. The van der Waals surface area contributed by atoms with Crippen LogP contribution < -0.4 is 16.0 Å². The predicted molar refractivity (Wildman–Crippen MR) is 122 cm³/mol. The second-order valence-electron chi connectivity index (χ2n) is 8.86. The van der Waals surface area contributed by atoms with Crippen molar-refractivity contribution in [3.8, 4) is 11.1 Å². The van der Waals surface area contributed by atoms with E-state index in [-0.39, 0.29) is 11.9 Å². The van der Waals surface area contributed by atoms with E-state index in [0.717, 1.165) is 48.2 Å². The Labute approximate surface area is 188 Å². The van der Waals surface area contributed by atoms with E-state index in [1.807, 2.05) is 32.0 Å². The van der Waals surface area contributed by atoms with E-state index in [9.17, 15) is 9.59 Å². The Kier molecular flexibility index (Phi) is 6.50. The number of anilines is 2. The summed E-state index contributed by atoms with van der Waals surface area (Å²) in [6.45, 7) is 3.76. The third kappa shape index (κ3) is 4.37. The van der Waals surface area contributed by atoms with E-state index in [1.165, 1.54) is 0 Å². The van der Waals surface area contributed by atoms with E-state index >= 15 is 0 Å². The molecule has 2 heterocycles. The maximum Gasteiger partial charge on any atom is 0.240 e. The summed E-state index contributed by atoms with van der Waals surface area (Å²) in [7, 11) is 1.76. The quantitative estimate of drug-likeness (QED) is 0.709. The molecule has 4 rings (SSSR count). The van der Waals surface area contributed by atoms with Crippen molar-refractivity contribution in [2.75, 3.05) is 17.3 Å². The predicted octanol–water partition coefficient (Wildman–Crippen LogP) is 3.70. The molecule has 2 aliphatic rings. The maximum absolute atomic E-state index is 13.0. The second-order valence-corrected chi connectivity index (χ2v) is 8.86. The number of carbonyl (C=O) groups excluding carboxylic acids is 2. The van der Waals surface area contributed by atoms with E-state index < -0.39 is 11.9 Å². The molecule has 1 aliphatic heterocycles. The Morgan fingerprint density at radius 3 is 2.59 bits per heavy atom. The first kappa shape index (κ1) is 22.3. The first-order valence-corrected chi connectivity index (χ1v) is 11.4. The molecule has 2 amide bonds. The number of ether oxygens (including phenoxy) is 1. The van der Waals surface area contributed by atoms with Crippen LogP contribution in [0, 0.1) is 13.8 Å². The Hall–Kier alpha value is -2.87. The zero-order valence-corrected chi connectivity index (χ0v) is 19.0. The number of amides is 2. The van der Waals surface area contributed by atoms with Gasteiger partial charge in [0.15, 0.2) is 0 Å². The molecule has 1 atom stereocenters. The van der Waals surface area contributed by atoms with Crippen LogP contribution in [-0.2, 0) is 14.3 Å². The molecule has 2 fully saturated rings. The van der Waals surface area contributed by atoms with Gasteiger partial charge in [0, 0.05) is 25.1 Å². The number of primary amides is 1. The number of piperidine rings is 1. The van der Waals surface area contributed by atoms with Crippen molar-refractivity contribution >= 4 is 23.2 Å². The standard InChI is InChI=1S/C24H32N4O4/c1-14-23(15(2)32-27-14)16-7-12-19(26-17-8-10-18(31-3)11-9-17)21(13-16)28-20(24(25)30)5-4-6-22(28)29/h7,12-13,17-18,20,26H,4-6,8-11H2,1-3H3,(H2,25,30)/t17?,18?,20-/m0/s1. The van der Waals surface area contributed by atoms with Crippen molar-refractivity contribution in [2.24, 2.45) is 5.73 Å². The lowest BCUT2D eigenvalue weighted by Gasteiger charge is -2.36. The number of nitrogens with two attached hydrogens (primary N) is 1. The fraction of sp³-hybridized carbons (Fsp3) is 0.542. The lowest BCUT2D eigenvalue weighted by Crippen LogP contribution is -2.51. The van der Waals surface area contributed by atoms with Gasteiger partial charge in [0.25, 0.3) is 0 Å². The highest BCUT2D eigenvalue weighted by atomic mass is 16.5. The Balaban J connectivity index is 1.74. The summed E-state index contributed by atoms with van der Waals surface area (Å²) in [5.41, 5.74) is 9.81. The molecule has 2 aromatic rings. The number of nitrogens with one attached hydrogen (secondary N) is 1. The first-order chi connectivity index (χ1) is 15.4. The Bertz CT molecular complexity index is 974. The average Bonchev–Trinajstić information content (AvgIpc) is 3.12. The summed E-state index contributed by atoms with van der Waals surface area (Å²) in [5, 5.41) is 7.70. The van der Waals surface area contributed by atoms with Gasteiger partial charge in [0.2, 0.25) is 11.8 Å². The smallest absolute Gasteiger partial charge is 0.240 e. The van der Waals surface area contributed by atoms with E-state index in [0.29, 0.717) is 36.8 Å². The van der Waals surface area contributed by atoms with Gasteiger partial charge in [-0.3, -0.25) is 14.5 Å². The van der Waals surface area contributed by atoms with Gasteiger partial charge < -0.3 is 20.3 Å². The van der Waals surface area contributed by atoms with Crippen LogP contribution in [0.15, 0.2) is 22.7 Å². The molecule has 1 saturated carbocycles. The van der Waals surface area contributed by atoms with E-state index in [4.69, 9.17) is 15.0 Å². The highest BCUT2D eigenvalue weighted by Gasteiger charge is 2.35. The van der Waals surface area contributed by atoms with Crippen molar-refractivity contribution < 1.29 is 18.8 Å². The van der Waals surface area contributed by atoms with Gasteiger partial charge in [0.1, 0.15) is 11.8 Å². The van der Waals surface area contributed by atoms with Gasteiger partial charge in [-0.2, -0.15) is 0 Å². The molecule has 32 heavy (non-hydrogen) atoms. The number of nitrogens with zero attached hydrogens (tertiary/aromatic N) is 2. The van der Waals surface area contributed by atoms with Crippen molar-refractivity contribution in [1.29, 1.82) is 0 Å². The molecule has 8 nitrogen and oxygen atoms in total. The van der Waals surface area contributed by atoms with Gasteiger partial charge in [-0.25, -0.2) is 0 Å². The van der Waals surface area contributed by atoms with Crippen molar-refractivity contribution in [1.82, 2.24) is 5.16 Å². The number of hydrogen-bond acceptors (Lipinski definition) is 6. The lowest BCUT2D eigenvalue weighted by atomic mass is 9.92. The highest BCUT2D eigenvalue weighted by Crippen LogP contribution is 2.38. The Morgan fingerprint density at radius 2 is 1.97 bits per heavy atom. The summed E-state index contributed by atoms with van der Waals surface area (Å²) in [5.74, 6) is 0.151. The number of rotatable bonds is 6. The molecule has 0 radical (unpaired) electrons. The summed E-state index contributed by atoms with van der Waals surface area (Å²) in [4.78, 5) is 26.8. The molecule has 1 aliphatic carbocycles. The molecule has 1 saturated heterocycles. The van der Waals surface area contributed by atoms with Crippen LogP contribution in [-0.4, -0.2) is 42.3 Å². The third-order valence-electron chi connectivity index (χ3n) is 6.72. The summed E-state index contributed by atoms with van der Waals surface area (Å²) in [6, 6.07) is 5.57. The van der Waals surface area contributed by atoms with Crippen LogP contribution in [0.5, 0.6) is 0 Å². The number of aromatic nitrogens is 1. The SMILES string of the molecule is COC1CCC(Nc2ccc(-c3c(C)noc3C)cc2N2C(=O)CCC[C@H]2C(N)=O)CC1. The van der Waals surface area contributed by atoms with Crippen LogP contribution >= 0.6 is 0 Å². The number of carbonyl (C=O) groups is 2. The Morgan fingerprint density at radius 1 is 1.22 bits per heavy atom. The topological polar surface area (TPSA) is 111 Å². The molecule has 8 heteroatoms. The van der Waals surface area contributed by atoms with Crippen molar-refractivity contribution in [3.63, 3.8) is 0 Å². The summed E-state index contributed by atoms with van der Waals surface area (Å²) < 4.78 is 10.9. The first-order valence-electron chi connectivity index (χ1n) is 11.4. The fourth-order valence-corrected chi connectivity index (χ4v) is 5.01. The molecule has 0 bridgehead atoms. The number of benzene rings is 1. The largest absolute Gasteiger partial charge is 0.381 e. The number of methoxy groups -OCH3 is 1. The van der Waals surface area contributed by atoms with Crippen LogP contribution in [0.4, 0.5) is 11.4 Å². The zero-order chi connectivity index (χ0) is 22.8. The van der Waals surface area contributed by atoms with Crippen molar-refractivity contribution in [2.45, 2.75) is 77.0 Å². The van der Waals surface area contributed by atoms with Gasteiger partial charge in [-0.15, -0.1) is 0 Å². The second kappa shape index (κ2) is 9.32. The minimum Gasteiger partial charge on any atom is -0.381 e. The van der Waals surface area contributed by atoms with E-state index in [1.54, 1.807) is 12.0 Å². The molecule has 3 N–H and O–H groups in total. The fourth-order valence-electron chi connectivity index (χ4n) is 5.01. The maximum atomic E-state index is 13.0. The van der Waals surface area contributed by atoms with Crippen molar-refractivity contribution in [3.05, 3.63) is 29.7 Å². The minimum atomic E-state index is -0.652. The van der Waals surface area contributed by atoms with Crippen LogP contribution in [0.2, 0.25) is 0 Å². The summed E-state index contributed by atoms with van der Waals surface area (Å²) >= 11 is 0. The molecule has 0 unspecified atom stereocenters. The molecule has 1 aromatic carbocycles. The number of aryl methyl sites for hydroxylation is 2. The molecule has 1 aromatic heterocycles. The van der Waals surface area contributed by atoms with Gasteiger partial charge in [0.05, 0.1) is 23.2 Å². The zero-order valence-electron chi connectivity index (χ0n) is 19.0. The summed E-state index contributed by atoms with van der Waals surface area (Å²) in [6.07, 6.45) is 5.88. The molecular weight excluding hydrogens is 408 g/mol. The van der Waals surface area contributed by atoms with Gasteiger partial charge >= 0.3 is 0 Å². The molecule has 0 spiro atoms. The third-order valence-corrected chi connectivity index (χ3v) is 6.72. The van der Waals surface area contributed by atoms with Gasteiger partial charge in [-0.05, 0) is 70.1 Å². The lowest BCUT2D eigenvalue weighted by molar-refractivity contribution is -0.126. The van der Waals surface area contributed by atoms with Gasteiger partial charge in [-0.1, -0.05) is 11.2 Å². The normalized spacial score (nSPS) is 23.9. The monoisotopic (exact) mass is 440 g/mol. The van der Waals surface area contributed by atoms with Crippen LogP contribution in [0.25, 0.3) is 11.1 Å².